The Kier molecular flexibility index (Phi) is 5.19. The molecule has 4 rings (SSSR count). The van der Waals surface area contributed by atoms with Crippen LogP contribution in [0.15, 0.2) is 30.7 Å². The first-order chi connectivity index (χ1) is 13.7. The maximum atomic E-state index is 13.0. The van der Waals surface area contributed by atoms with Crippen LogP contribution in [-0.4, -0.2) is 45.5 Å². The number of nitrogens with zero attached hydrogens (tertiary/aromatic N) is 3. The highest BCUT2D eigenvalue weighted by Gasteiger charge is 2.37. The van der Waals surface area contributed by atoms with Gasteiger partial charge in [0.1, 0.15) is 0 Å². The second-order valence-electron chi connectivity index (χ2n) is 8.41. The summed E-state index contributed by atoms with van der Waals surface area (Å²) in [4.78, 5) is 4.87. The number of aromatic amines is 1. The fourth-order valence-corrected chi connectivity index (χ4v) is 4.90. The summed E-state index contributed by atoms with van der Waals surface area (Å²) in [7, 11) is 1.85. The number of nitrogens with one attached hydrogen (secondary N) is 1. The summed E-state index contributed by atoms with van der Waals surface area (Å²) in [6.45, 7) is 4.28. The van der Waals surface area contributed by atoms with Crippen LogP contribution in [0.5, 0.6) is 0 Å². The van der Waals surface area contributed by atoms with Gasteiger partial charge in [0.25, 0.3) is 0 Å². The molecule has 0 saturated carbocycles. The van der Waals surface area contributed by atoms with Gasteiger partial charge >= 0.3 is 6.18 Å². The number of likely N-dealkylation sites (tertiary alicyclic amines) is 1. The van der Waals surface area contributed by atoms with Crippen LogP contribution in [0, 0.1) is 19.8 Å². The molecule has 4 nitrogen and oxygen atoms in total. The zero-order valence-corrected chi connectivity index (χ0v) is 17.1. The van der Waals surface area contributed by atoms with Crippen molar-refractivity contribution < 1.29 is 13.2 Å². The molecular formula is C22H27F3N4. The molecule has 29 heavy (non-hydrogen) atoms. The van der Waals surface area contributed by atoms with Crippen molar-refractivity contribution in [3.05, 3.63) is 53.0 Å². The monoisotopic (exact) mass is 404 g/mol. The molecule has 0 amide bonds. The Hall–Kier alpha value is -2.28. The highest BCUT2D eigenvalue weighted by molar-refractivity contribution is 5.87. The van der Waals surface area contributed by atoms with Gasteiger partial charge in [-0.05, 0) is 67.5 Å². The van der Waals surface area contributed by atoms with Crippen molar-refractivity contribution in [3.63, 3.8) is 0 Å². The van der Waals surface area contributed by atoms with E-state index in [0.717, 1.165) is 23.9 Å². The summed E-state index contributed by atoms with van der Waals surface area (Å²) >= 11 is 0. The second-order valence-corrected chi connectivity index (χ2v) is 8.41. The molecular weight excluding hydrogens is 377 g/mol. The van der Waals surface area contributed by atoms with E-state index in [4.69, 9.17) is 0 Å². The quantitative estimate of drug-likeness (QED) is 0.683. The average molecular weight is 404 g/mol. The number of aryl methyl sites for hydroxylation is 3. The Balaban J connectivity index is 1.64. The van der Waals surface area contributed by atoms with Gasteiger partial charge in [0.05, 0.1) is 12.7 Å². The highest BCUT2D eigenvalue weighted by atomic mass is 19.4. The minimum atomic E-state index is -4.17. The average Bonchev–Trinajstić information content (AvgIpc) is 3.27. The molecule has 1 aliphatic rings. The molecule has 3 aromatic rings. The highest BCUT2D eigenvalue weighted by Crippen LogP contribution is 2.38. The van der Waals surface area contributed by atoms with Crippen LogP contribution in [-0.2, 0) is 13.5 Å². The van der Waals surface area contributed by atoms with Crippen LogP contribution in [0.1, 0.15) is 34.6 Å². The normalized spacial score (nSPS) is 21.2. The zero-order chi connectivity index (χ0) is 20.8. The molecule has 1 aromatic carbocycles. The van der Waals surface area contributed by atoms with Crippen molar-refractivity contribution in [1.29, 1.82) is 0 Å². The number of benzene rings is 1. The van der Waals surface area contributed by atoms with Gasteiger partial charge in [-0.1, -0.05) is 6.07 Å². The van der Waals surface area contributed by atoms with Gasteiger partial charge in [-0.25, -0.2) is 0 Å². The molecule has 1 saturated heterocycles. The summed E-state index contributed by atoms with van der Waals surface area (Å²) in [5.41, 5.74) is 5.94. The van der Waals surface area contributed by atoms with E-state index in [1.165, 1.54) is 22.1 Å². The fourth-order valence-electron chi connectivity index (χ4n) is 4.90. The summed E-state index contributed by atoms with van der Waals surface area (Å²) in [6, 6.07) is 4.31. The van der Waals surface area contributed by atoms with E-state index >= 15 is 0 Å². The second kappa shape index (κ2) is 7.52. The lowest BCUT2D eigenvalue weighted by atomic mass is 9.77. The molecule has 1 N–H and O–H groups in total. The Labute approximate surface area is 168 Å². The van der Waals surface area contributed by atoms with Crippen LogP contribution >= 0.6 is 0 Å². The van der Waals surface area contributed by atoms with Crippen molar-refractivity contribution >= 4 is 10.9 Å². The SMILES string of the molecule is Cc1cc(C)c2[nH]ccc2c1CC1CCN(CC(F)(F)F)CC1c1cnn(C)c1. The Morgan fingerprint density at radius 1 is 1.24 bits per heavy atom. The third-order valence-corrected chi connectivity index (χ3v) is 6.24. The van der Waals surface area contributed by atoms with Gasteiger partial charge in [-0.2, -0.15) is 18.3 Å². The maximum Gasteiger partial charge on any atom is 0.401 e. The molecule has 2 unspecified atom stereocenters. The molecule has 0 aliphatic carbocycles. The maximum absolute atomic E-state index is 13.0. The van der Waals surface area contributed by atoms with Crippen molar-refractivity contribution in [3.8, 4) is 0 Å². The standard InChI is InChI=1S/C22H27F3N4/c1-14-8-15(2)21-18(4-6-26-21)19(14)9-16-5-7-29(13-22(23,24)25)12-20(16)17-10-27-28(3)11-17/h4,6,8,10-11,16,20,26H,5,7,9,12-13H2,1-3H3. The topological polar surface area (TPSA) is 36.9 Å². The lowest BCUT2D eigenvalue weighted by Crippen LogP contribution is -2.44. The van der Waals surface area contributed by atoms with E-state index in [0.29, 0.717) is 13.1 Å². The third kappa shape index (κ3) is 4.20. The number of fused-ring (bicyclic) bond motifs is 1. The van der Waals surface area contributed by atoms with E-state index < -0.39 is 12.7 Å². The Bertz CT molecular complexity index is 1000. The van der Waals surface area contributed by atoms with Gasteiger partial charge in [-0.3, -0.25) is 9.58 Å². The Morgan fingerprint density at radius 3 is 2.72 bits per heavy atom. The van der Waals surface area contributed by atoms with Gasteiger partial charge in [-0.15, -0.1) is 0 Å². The first kappa shape index (κ1) is 20.0. The van der Waals surface area contributed by atoms with Gasteiger partial charge < -0.3 is 4.98 Å². The van der Waals surface area contributed by atoms with Crippen molar-refractivity contribution in [2.75, 3.05) is 19.6 Å². The molecule has 0 bridgehead atoms. The summed E-state index contributed by atoms with van der Waals surface area (Å²) in [5.74, 6) is 0.317. The predicted octanol–water partition coefficient (Wildman–Crippen LogP) is 4.73. The number of H-pyrrole nitrogens is 1. The van der Waals surface area contributed by atoms with E-state index in [2.05, 4.69) is 36.1 Å². The number of rotatable bonds is 4. The lowest BCUT2D eigenvalue weighted by Gasteiger charge is -2.39. The van der Waals surface area contributed by atoms with Gasteiger partial charge in [0.2, 0.25) is 0 Å². The minimum absolute atomic E-state index is 0.0366. The van der Waals surface area contributed by atoms with Crippen molar-refractivity contribution in [2.45, 2.75) is 38.8 Å². The van der Waals surface area contributed by atoms with Crippen molar-refractivity contribution in [1.82, 2.24) is 19.7 Å². The first-order valence-electron chi connectivity index (χ1n) is 10.0. The third-order valence-electron chi connectivity index (χ3n) is 6.24. The summed E-state index contributed by atoms with van der Waals surface area (Å²) < 4.78 is 40.7. The van der Waals surface area contributed by atoms with E-state index in [1.54, 1.807) is 9.58 Å². The van der Waals surface area contributed by atoms with Crippen LogP contribution in [0.3, 0.4) is 0 Å². The molecule has 0 radical (unpaired) electrons. The zero-order valence-electron chi connectivity index (χ0n) is 17.1. The molecule has 0 spiro atoms. The number of halogens is 3. The van der Waals surface area contributed by atoms with Crippen LogP contribution in [0.4, 0.5) is 13.2 Å². The van der Waals surface area contributed by atoms with E-state index in [9.17, 15) is 13.2 Å². The van der Waals surface area contributed by atoms with Crippen LogP contribution < -0.4 is 0 Å². The van der Waals surface area contributed by atoms with E-state index in [1.807, 2.05) is 25.6 Å². The predicted molar refractivity (Wildman–Crippen MR) is 108 cm³/mol. The number of hydrogen-bond acceptors (Lipinski definition) is 2. The van der Waals surface area contributed by atoms with Gasteiger partial charge in [0, 0.05) is 42.8 Å². The molecule has 1 aliphatic heterocycles. The smallest absolute Gasteiger partial charge is 0.361 e. The van der Waals surface area contributed by atoms with Crippen molar-refractivity contribution in [2.24, 2.45) is 13.0 Å². The largest absolute Gasteiger partial charge is 0.401 e. The molecule has 2 aromatic heterocycles. The number of aromatic nitrogens is 3. The number of alkyl halides is 3. The van der Waals surface area contributed by atoms with Crippen LogP contribution in [0.25, 0.3) is 10.9 Å². The first-order valence-corrected chi connectivity index (χ1v) is 10.0. The minimum Gasteiger partial charge on any atom is -0.361 e. The van der Waals surface area contributed by atoms with Crippen LogP contribution in [0.2, 0.25) is 0 Å². The number of hydrogen-bond donors (Lipinski definition) is 1. The molecule has 1 fully saturated rings. The fraction of sp³-hybridized carbons (Fsp3) is 0.500. The summed E-state index contributed by atoms with van der Waals surface area (Å²) in [5, 5.41) is 5.50. The molecule has 7 heteroatoms. The summed E-state index contributed by atoms with van der Waals surface area (Å²) in [6.07, 6.45) is 3.16. The molecule has 2 atom stereocenters. The molecule has 3 heterocycles. The van der Waals surface area contributed by atoms with E-state index in [-0.39, 0.29) is 11.8 Å². The Morgan fingerprint density at radius 2 is 2.03 bits per heavy atom. The molecule has 156 valence electrons. The lowest BCUT2D eigenvalue weighted by molar-refractivity contribution is -0.149. The number of piperidine rings is 1. The van der Waals surface area contributed by atoms with Gasteiger partial charge in [0.15, 0.2) is 0 Å².